The Labute approximate surface area is 214 Å². The second-order valence-electron chi connectivity index (χ2n) is 9.96. The molecule has 0 amide bonds. The molecule has 37 heavy (non-hydrogen) atoms. The lowest BCUT2D eigenvalue weighted by molar-refractivity contribution is -0.121. The van der Waals surface area contributed by atoms with Crippen molar-refractivity contribution in [3.8, 4) is 5.82 Å². The number of ketones is 1. The fraction of sp³-hybridized carbons (Fsp3) is 0.462. The van der Waals surface area contributed by atoms with Gasteiger partial charge in [0.05, 0.1) is 37.4 Å². The van der Waals surface area contributed by atoms with Crippen molar-refractivity contribution in [1.82, 2.24) is 24.8 Å². The van der Waals surface area contributed by atoms with Crippen LogP contribution in [0.5, 0.6) is 0 Å². The van der Waals surface area contributed by atoms with Crippen molar-refractivity contribution in [2.45, 2.75) is 38.3 Å². The number of rotatable bonds is 9. The number of anilines is 3. The molecule has 2 fully saturated rings. The molecule has 2 atom stereocenters. The minimum Gasteiger partial charge on any atom is -0.389 e. The molecule has 0 spiro atoms. The number of carbonyl (C=O) groups is 1. The minimum atomic E-state index is -0.473. The molecule has 11 heteroatoms. The number of nitrogens with zero attached hydrogens (tertiary/aromatic N) is 6. The molecule has 3 aliphatic rings. The Morgan fingerprint density at radius 1 is 1.27 bits per heavy atom. The molecule has 3 aromatic rings. The van der Waals surface area contributed by atoms with Crippen molar-refractivity contribution < 1.29 is 19.1 Å². The number of aryl methyl sites for hydroxylation is 1. The van der Waals surface area contributed by atoms with Crippen LogP contribution < -0.4 is 10.2 Å². The first kappa shape index (κ1) is 24.0. The second-order valence-corrected chi connectivity index (χ2v) is 9.96. The van der Waals surface area contributed by atoms with Gasteiger partial charge in [0.15, 0.2) is 5.82 Å². The summed E-state index contributed by atoms with van der Waals surface area (Å²) >= 11 is 0. The number of alkyl halides is 1. The summed E-state index contributed by atoms with van der Waals surface area (Å²) in [4.78, 5) is 29.4. The van der Waals surface area contributed by atoms with Crippen LogP contribution in [0.1, 0.15) is 35.6 Å². The topological polar surface area (TPSA) is 109 Å². The Morgan fingerprint density at radius 2 is 2.14 bits per heavy atom. The summed E-state index contributed by atoms with van der Waals surface area (Å²) in [5.74, 6) is 1.18. The van der Waals surface area contributed by atoms with Gasteiger partial charge in [0.1, 0.15) is 12.5 Å². The van der Waals surface area contributed by atoms with E-state index in [2.05, 4.69) is 20.4 Å². The number of β-amino-alcohol motifs (C(OH)–C–C–N with tert-alkyl or cyclic N) is 1. The predicted octanol–water partition coefficient (Wildman–Crippen LogP) is 2.67. The van der Waals surface area contributed by atoms with Crippen LogP contribution in [0.15, 0.2) is 36.7 Å². The maximum Gasteiger partial charge on any atom is 0.229 e. The number of aliphatic hydroxyl groups excluding tert-OH is 1. The zero-order valence-electron chi connectivity index (χ0n) is 20.7. The summed E-state index contributed by atoms with van der Waals surface area (Å²) in [6.07, 6.45) is 5.00. The Bertz CT molecular complexity index is 1310. The van der Waals surface area contributed by atoms with Gasteiger partial charge in [-0.05, 0) is 43.5 Å². The third-order valence-electron chi connectivity index (χ3n) is 7.17. The number of benzene rings is 1. The van der Waals surface area contributed by atoms with Crippen molar-refractivity contribution in [2.24, 2.45) is 5.92 Å². The predicted molar refractivity (Wildman–Crippen MR) is 135 cm³/mol. The third-order valence-corrected chi connectivity index (χ3v) is 7.17. The van der Waals surface area contributed by atoms with Gasteiger partial charge in [0.25, 0.3) is 0 Å². The molecule has 1 saturated carbocycles. The first-order valence-electron chi connectivity index (χ1n) is 12.7. The van der Waals surface area contributed by atoms with E-state index in [0.29, 0.717) is 38.0 Å². The summed E-state index contributed by atoms with van der Waals surface area (Å²) in [5.41, 5.74) is 4.46. The number of hydrogen-bond acceptors (Lipinski definition) is 9. The molecule has 1 saturated heterocycles. The molecule has 194 valence electrons. The number of halogens is 1. The first-order chi connectivity index (χ1) is 18.0. The van der Waals surface area contributed by atoms with Crippen LogP contribution in [-0.4, -0.2) is 74.7 Å². The van der Waals surface area contributed by atoms with Crippen LogP contribution in [0.2, 0.25) is 0 Å². The number of nitrogens with one attached hydrogen (secondary N) is 1. The van der Waals surface area contributed by atoms with Gasteiger partial charge in [-0.2, -0.15) is 15.1 Å². The van der Waals surface area contributed by atoms with Crippen LogP contribution in [0, 0.1) is 12.8 Å². The Morgan fingerprint density at radius 3 is 2.89 bits per heavy atom. The molecule has 6 rings (SSSR count). The van der Waals surface area contributed by atoms with E-state index < -0.39 is 12.8 Å². The number of fused-ring (bicyclic) bond motifs is 1. The quantitative estimate of drug-likeness (QED) is 0.452. The van der Waals surface area contributed by atoms with Gasteiger partial charge in [0, 0.05) is 54.4 Å². The Hall–Kier alpha value is -3.41. The highest BCUT2D eigenvalue weighted by molar-refractivity contribution is 5.94. The Kier molecular flexibility index (Phi) is 6.35. The summed E-state index contributed by atoms with van der Waals surface area (Å²) in [7, 11) is 0. The number of hydrogen-bond donors (Lipinski definition) is 2. The maximum atomic E-state index is 13.1. The van der Waals surface area contributed by atoms with E-state index >= 15 is 0 Å². The van der Waals surface area contributed by atoms with Crippen molar-refractivity contribution in [2.75, 3.05) is 43.1 Å². The zero-order chi connectivity index (χ0) is 25.5. The molecule has 1 unspecified atom stereocenters. The molecule has 2 aromatic heterocycles. The van der Waals surface area contributed by atoms with E-state index in [9.17, 15) is 14.3 Å². The lowest BCUT2D eigenvalue weighted by Gasteiger charge is -2.17. The molecule has 10 nitrogen and oxygen atoms in total. The van der Waals surface area contributed by atoms with Crippen LogP contribution in [-0.2, 0) is 16.2 Å². The fourth-order valence-corrected chi connectivity index (χ4v) is 5.09. The lowest BCUT2D eigenvalue weighted by atomic mass is 9.94. The van der Waals surface area contributed by atoms with Crippen molar-refractivity contribution in [3.63, 3.8) is 0 Å². The van der Waals surface area contributed by atoms with Crippen molar-refractivity contribution in [3.05, 3.63) is 53.5 Å². The first-order valence-corrected chi connectivity index (χ1v) is 12.7. The molecule has 2 aliphatic heterocycles. The summed E-state index contributed by atoms with van der Waals surface area (Å²) in [5, 5.41) is 19.3. The van der Waals surface area contributed by atoms with Crippen molar-refractivity contribution >= 4 is 23.1 Å². The molecule has 0 radical (unpaired) electrons. The van der Waals surface area contributed by atoms with E-state index in [4.69, 9.17) is 4.84 Å². The molecule has 0 bridgehead atoms. The van der Waals surface area contributed by atoms with E-state index in [1.54, 1.807) is 22.0 Å². The average molecular weight is 508 g/mol. The molecule has 2 N–H and O–H groups in total. The highest BCUT2D eigenvalue weighted by Gasteiger charge is 2.40. The maximum absolute atomic E-state index is 13.1. The van der Waals surface area contributed by atoms with E-state index in [1.807, 2.05) is 36.2 Å². The largest absolute Gasteiger partial charge is 0.389 e. The van der Waals surface area contributed by atoms with Gasteiger partial charge >= 0.3 is 0 Å². The summed E-state index contributed by atoms with van der Waals surface area (Å²) in [6, 6.07) is 7.59. The van der Waals surface area contributed by atoms with Crippen LogP contribution >= 0.6 is 0 Å². The number of carbonyl (C=O) groups excluding carboxylic acids is 1. The average Bonchev–Trinajstić information content (AvgIpc) is 3.44. The second kappa shape index (κ2) is 9.81. The SMILES string of the molecule is Cc1nn(-c2ccnc(Nc3ccc4c(c3)C(C(=O)C3CC3)CN4CCF)n2)cc1CN1C[C@H](O)CO1. The fourth-order valence-electron chi connectivity index (χ4n) is 5.09. The van der Waals surface area contributed by atoms with Gasteiger partial charge in [-0.25, -0.2) is 14.1 Å². The van der Waals surface area contributed by atoms with Crippen LogP contribution in [0.25, 0.3) is 5.82 Å². The smallest absolute Gasteiger partial charge is 0.229 e. The highest BCUT2D eigenvalue weighted by atomic mass is 19.1. The van der Waals surface area contributed by atoms with E-state index in [1.165, 1.54) is 0 Å². The lowest BCUT2D eigenvalue weighted by Crippen LogP contribution is -2.27. The van der Waals surface area contributed by atoms with E-state index in [0.717, 1.165) is 41.0 Å². The normalized spacial score (nSPS) is 21.4. The molecule has 1 aliphatic carbocycles. The number of hydroxylamine groups is 2. The van der Waals surface area contributed by atoms with Gasteiger partial charge in [-0.3, -0.25) is 9.63 Å². The van der Waals surface area contributed by atoms with Gasteiger partial charge < -0.3 is 15.3 Å². The van der Waals surface area contributed by atoms with Gasteiger partial charge in [-0.15, -0.1) is 0 Å². The van der Waals surface area contributed by atoms with Crippen molar-refractivity contribution in [1.29, 1.82) is 0 Å². The molecular weight excluding hydrogens is 477 g/mol. The standard InChI is InChI=1S/C26H30FN7O3/c1-16-18(11-33-13-20(35)15-37-33)12-34(31-16)24-6-8-28-26(30-24)29-19-4-5-23-21(10-19)22(14-32(23)9-7-27)25(36)17-2-3-17/h4-6,8,10,12,17,20,22,35H,2-3,7,9,11,13-15H2,1H3,(H,28,29,30)/t20-,22?/m0/s1. The monoisotopic (exact) mass is 507 g/mol. The summed E-state index contributed by atoms with van der Waals surface area (Å²) in [6.45, 7) is 3.59. The molecule has 1 aromatic carbocycles. The number of Topliss-reactive ketones (excluding diaryl/α,β-unsaturated/α-hetero) is 1. The minimum absolute atomic E-state index is 0.143. The highest BCUT2D eigenvalue weighted by Crippen LogP contribution is 2.43. The molecule has 4 heterocycles. The van der Waals surface area contributed by atoms with Gasteiger partial charge in [0.2, 0.25) is 5.95 Å². The van der Waals surface area contributed by atoms with Gasteiger partial charge in [-0.1, -0.05) is 0 Å². The van der Waals surface area contributed by atoms with Crippen LogP contribution in [0.4, 0.5) is 21.7 Å². The third kappa shape index (κ3) is 4.94. The number of aromatic nitrogens is 4. The number of aliphatic hydroxyl groups is 1. The zero-order valence-corrected chi connectivity index (χ0v) is 20.7. The summed E-state index contributed by atoms with van der Waals surface area (Å²) < 4.78 is 14.8. The Balaban J connectivity index is 1.21. The molecular formula is C26H30FN7O3. The van der Waals surface area contributed by atoms with Crippen LogP contribution in [0.3, 0.4) is 0 Å². The van der Waals surface area contributed by atoms with E-state index in [-0.39, 0.29) is 24.2 Å².